The Kier molecular flexibility index (Phi) is 2.65. The number of halogens is 1. The van der Waals surface area contributed by atoms with E-state index in [9.17, 15) is 4.79 Å². The Balaban J connectivity index is 2.03. The molecule has 0 aliphatic heterocycles. The van der Waals surface area contributed by atoms with Crippen molar-refractivity contribution in [3.05, 3.63) is 70.9 Å². The molecule has 0 unspecified atom stereocenters. The third kappa shape index (κ3) is 1.91. The molecule has 0 saturated heterocycles. The van der Waals surface area contributed by atoms with Gasteiger partial charge >= 0.3 is 0 Å². The van der Waals surface area contributed by atoms with Crippen molar-refractivity contribution < 1.29 is 4.79 Å². The Morgan fingerprint density at radius 3 is 2.44 bits per heavy atom. The third-order valence-electron chi connectivity index (χ3n) is 2.88. The smallest absolute Gasteiger partial charge is 0.209 e. The van der Waals surface area contributed by atoms with E-state index < -0.39 is 0 Å². The summed E-state index contributed by atoms with van der Waals surface area (Å²) in [5, 5.41) is 1.66. The zero-order valence-electron chi connectivity index (χ0n) is 9.48. The van der Waals surface area contributed by atoms with Crippen molar-refractivity contribution in [2.24, 2.45) is 0 Å². The minimum absolute atomic E-state index is 0.0251. The van der Waals surface area contributed by atoms with Gasteiger partial charge in [-0.15, -0.1) is 0 Å². The van der Waals surface area contributed by atoms with E-state index in [4.69, 9.17) is 11.6 Å². The van der Waals surface area contributed by atoms with E-state index in [-0.39, 0.29) is 5.78 Å². The van der Waals surface area contributed by atoms with E-state index in [1.54, 1.807) is 24.3 Å². The lowest BCUT2D eigenvalue weighted by molar-refractivity contribution is 0.103. The van der Waals surface area contributed by atoms with Crippen LogP contribution in [0.5, 0.6) is 0 Å². The molecule has 0 aliphatic carbocycles. The molecular formula is C15H10ClNO. The highest BCUT2D eigenvalue weighted by atomic mass is 35.5. The second-order valence-electron chi connectivity index (χ2n) is 4.11. The molecule has 0 saturated carbocycles. The van der Waals surface area contributed by atoms with Gasteiger partial charge in [0.1, 0.15) is 0 Å². The number of aromatic nitrogens is 1. The number of para-hydroxylation sites is 1. The van der Waals surface area contributed by atoms with Gasteiger partial charge in [0.05, 0.1) is 5.69 Å². The van der Waals surface area contributed by atoms with Gasteiger partial charge in [-0.25, -0.2) is 0 Å². The molecule has 3 heteroatoms. The Morgan fingerprint density at radius 2 is 1.72 bits per heavy atom. The summed E-state index contributed by atoms with van der Waals surface area (Å²) in [6, 6.07) is 16.6. The molecule has 3 rings (SSSR count). The molecule has 2 aromatic carbocycles. The fourth-order valence-electron chi connectivity index (χ4n) is 1.95. The zero-order valence-corrected chi connectivity index (χ0v) is 10.2. The molecule has 0 bridgehead atoms. The lowest BCUT2D eigenvalue weighted by atomic mass is 10.1. The van der Waals surface area contributed by atoms with Crippen LogP contribution in [0.1, 0.15) is 16.1 Å². The van der Waals surface area contributed by atoms with Gasteiger partial charge in [-0.3, -0.25) is 4.79 Å². The molecule has 0 amide bonds. The number of benzene rings is 2. The number of hydrogen-bond acceptors (Lipinski definition) is 1. The highest BCUT2D eigenvalue weighted by Gasteiger charge is 2.11. The maximum absolute atomic E-state index is 12.3. The summed E-state index contributed by atoms with van der Waals surface area (Å²) in [7, 11) is 0. The molecule has 1 heterocycles. The van der Waals surface area contributed by atoms with Crippen molar-refractivity contribution in [1.29, 1.82) is 0 Å². The summed E-state index contributed by atoms with van der Waals surface area (Å²) in [6.45, 7) is 0. The molecular weight excluding hydrogens is 246 g/mol. The van der Waals surface area contributed by atoms with Crippen LogP contribution >= 0.6 is 11.6 Å². The fourth-order valence-corrected chi connectivity index (χ4v) is 2.08. The van der Waals surface area contributed by atoms with Crippen molar-refractivity contribution in [1.82, 2.24) is 4.98 Å². The first kappa shape index (κ1) is 11.1. The summed E-state index contributed by atoms with van der Waals surface area (Å²) in [4.78, 5) is 15.4. The quantitative estimate of drug-likeness (QED) is 0.689. The zero-order chi connectivity index (χ0) is 12.5. The minimum atomic E-state index is -0.0251. The van der Waals surface area contributed by atoms with Crippen molar-refractivity contribution >= 4 is 28.3 Å². The lowest BCUT2D eigenvalue weighted by Gasteiger charge is -1.98. The van der Waals surface area contributed by atoms with Crippen LogP contribution in [0.15, 0.2) is 54.6 Å². The van der Waals surface area contributed by atoms with Crippen LogP contribution in [0.25, 0.3) is 10.9 Å². The maximum atomic E-state index is 12.3. The van der Waals surface area contributed by atoms with Crippen LogP contribution in [0, 0.1) is 0 Å². The van der Waals surface area contributed by atoms with Crippen molar-refractivity contribution in [3.63, 3.8) is 0 Å². The van der Waals surface area contributed by atoms with E-state index in [1.807, 2.05) is 30.3 Å². The summed E-state index contributed by atoms with van der Waals surface area (Å²) in [5.74, 6) is -0.0251. The summed E-state index contributed by atoms with van der Waals surface area (Å²) < 4.78 is 0. The first-order valence-corrected chi connectivity index (χ1v) is 6.00. The van der Waals surface area contributed by atoms with Gasteiger partial charge < -0.3 is 4.98 Å². The number of nitrogens with one attached hydrogen (secondary N) is 1. The number of hydrogen-bond donors (Lipinski definition) is 1. The number of carbonyl (C=O) groups is 1. The predicted molar refractivity (Wildman–Crippen MR) is 73.2 cm³/mol. The Hall–Kier alpha value is -2.06. The van der Waals surface area contributed by atoms with Crippen LogP contribution in [0.3, 0.4) is 0 Å². The van der Waals surface area contributed by atoms with Crippen molar-refractivity contribution in [2.75, 3.05) is 0 Å². The van der Waals surface area contributed by atoms with E-state index in [1.165, 1.54) is 0 Å². The maximum Gasteiger partial charge on any atom is 0.209 e. The number of H-pyrrole nitrogens is 1. The third-order valence-corrected chi connectivity index (χ3v) is 3.13. The van der Waals surface area contributed by atoms with Gasteiger partial charge in [0.15, 0.2) is 0 Å². The number of carbonyl (C=O) groups excluding carboxylic acids is 1. The predicted octanol–water partition coefficient (Wildman–Crippen LogP) is 4.05. The van der Waals surface area contributed by atoms with Crippen LogP contribution in [-0.2, 0) is 0 Å². The monoisotopic (exact) mass is 255 g/mol. The van der Waals surface area contributed by atoms with Gasteiger partial charge in [0, 0.05) is 21.5 Å². The second-order valence-corrected chi connectivity index (χ2v) is 4.54. The first-order valence-electron chi connectivity index (χ1n) is 5.62. The lowest BCUT2D eigenvalue weighted by Crippen LogP contribution is -2.00. The molecule has 0 fully saturated rings. The van der Waals surface area contributed by atoms with Gasteiger partial charge in [0.25, 0.3) is 0 Å². The number of fused-ring (bicyclic) bond motifs is 1. The Morgan fingerprint density at radius 1 is 1.00 bits per heavy atom. The van der Waals surface area contributed by atoms with Gasteiger partial charge in [0.2, 0.25) is 5.78 Å². The highest BCUT2D eigenvalue weighted by Crippen LogP contribution is 2.18. The molecule has 0 spiro atoms. The second kappa shape index (κ2) is 4.31. The molecule has 1 N–H and O–H groups in total. The minimum Gasteiger partial charge on any atom is -0.352 e. The first-order chi connectivity index (χ1) is 8.74. The standard InChI is InChI=1S/C15H10ClNO/c16-12-7-5-10(6-8-12)15(18)14-9-11-3-1-2-4-13(11)17-14/h1-9,17H. The largest absolute Gasteiger partial charge is 0.352 e. The van der Waals surface area contributed by atoms with Crippen LogP contribution in [0.2, 0.25) is 5.02 Å². The molecule has 0 radical (unpaired) electrons. The molecule has 1 aromatic heterocycles. The van der Waals surface area contributed by atoms with Gasteiger partial charge in [-0.2, -0.15) is 0 Å². The molecule has 88 valence electrons. The van der Waals surface area contributed by atoms with E-state index in [2.05, 4.69) is 4.98 Å². The number of aromatic amines is 1. The highest BCUT2D eigenvalue weighted by molar-refractivity contribution is 6.30. The SMILES string of the molecule is O=C(c1ccc(Cl)cc1)c1cc2ccccc2[nH]1. The topological polar surface area (TPSA) is 32.9 Å². The van der Waals surface area contributed by atoms with E-state index in [0.29, 0.717) is 16.3 Å². The van der Waals surface area contributed by atoms with Gasteiger partial charge in [-0.1, -0.05) is 29.8 Å². The Bertz CT molecular complexity index is 680. The number of ketones is 1. The van der Waals surface area contributed by atoms with Crippen molar-refractivity contribution in [2.45, 2.75) is 0 Å². The summed E-state index contributed by atoms with van der Waals surface area (Å²) >= 11 is 5.81. The number of rotatable bonds is 2. The molecule has 0 atom stereocenters. The van der Waals surface area contributed by atoms with E-state index in [0.717, 1.165) is 10.9 Å². The van der Waals surface area contributed by atoms with Crippen LogP contribution in [-0.4, -0.2) is 10.8 Å². The molecule has 3 aromatic rings. The van der Waals surface area contributed by atoms with Gasteiger partial charge in [-0.05, 0) is 36.4 Å². The average Bonchev–Trinajstić information content (AvgIpc) is 2.82. The summed E-state index contributed by atoms with van der Waals surface area (Å²) in [5.41, 5.74) is 2.19. The van der Waals surface area contributed by atoms with Crippen LogP contribution < -0.4 is 0 Å². The molecule has 0 aliphatic rings. The van der Waals surface area contributed by atoms with Crippen LogP contribution in [0.4, 0.5) is 0 Å². The molecule has 2 nitrogen and oxygen atoms in total. The Labute approximate surface area is 109 Å². The average molecular weight is 256 g/mol. The van der Waals surface area contributed by atoms with E-state index >= 15 is 0 Å². The molecule has 18 heavy (non-hydrogen) atoms. The van der Waals surface area contributed by atoms with Crippen molar-refractivity contribution in [3.8, 4) is 0 Å². The fraction of sp³-hybridized carbons (Fsp3) is 0. The normalized spacial score (nSPS) is 10.7. The summed E-state index contributed by atoms with van der Waals surface area (Å²) in [6.07, 6.45) is 0.